The molecule has 0 saturated carbocycles. The van der Waals surface area contributed by atoms with Crippen molar-refractivity contribution in [3.63, 3.8) is 0 Å². The first-order valence-electron chi connectivity index (χ1n) is 18.4. The molecule has 3 aliphatic heterocycles. The molecule has 3 fully saturated rings. The Morgan fingerprint density at radius 1 is 1.15 bits per heavy atom. The number of carboxylic acid groups (broad SMARTS) is 1. The summed E-state index contributed by atoms with van der Waals surface area (Å²) in [5.74, 6) is -5.40. The zero-order valence-electron chi connectivity index (χ0n) is 30.1. The van der Waals surface area contributed by atoms with E-state index in [0.29, 0.717) is 31.4 Å². The molecule has 1 unspecified atom stereocenters. The Morgan fingerprint density at radius 2 is 1.85 bits per heavy atom. The molecule has 13 nitrogen and oxygen atoms in total. The second kappa shape index (κ2) is 16.2. The number of likely N-dealkylation sites (tertiary alicyclic amines) is 1. The van der Waals surface area contributed by atoms with Crippen LogP contribution in [0.5, 0.6) is 0 Å². The van der Waals surface area contributed by atoms with Crippen LogP contribution in [0.3, 0.4) is 0 Å². The quantitative estimate of drug-likeness (QED) is 0.198. The maximum Gasteiger partial charge on any atom is 0.407 e. The number of rotatable bonds is 13. The average molecular weight is 775 g/mol. The van der Waals surface area contributed by atoms with Gasteiger partial charge in [-0.15, -0.1) is 0 Å². The lowest BCUT2D eigenvalue weighted by Crippen LogP contribution is -2.41. The van der Waals surface area contributed by atoms with E-state index in [4.69, 9.17) is 9.47 Å². The number of halogens is 3. The minimum Gasteiger partial charge on any atom is -0.465 e. The predicted molar refractivity (Wildman–Crippen MR) is 192 cm³/mol. The molecule has 2 N–H and O–H groups in total. The zero-order valence-corrected chi connectivity index (χ0v) is 30.9. The van der Waals surface area contributed by atoms with Crippen molar-refractivity contribution in [2.75, 3.05) is 43.1 Å². The van der Waals surface area contributed by atoms with Crippen LogP contribution < -0.4 is 10.9 Å². The molecule has 2 aromatic heterocycles. The molecule has 3 saturated heterocycles. The molecule has 1 aromatic carbocycles. The maximum absolute atomic E-state index is 16.1. The molecule has 0 aliphatic carbocycles. The monoisotopic (exact) mass is 774 g/mol. The molecular weight excluding hydrogens is 730 g/mol. The molecule has 5 heterocycles. The van der Waals surface area contributed by atoms with Gasteiger partial charge in [-0.1, -0.05) is 24.6 Å². The van der Waals surface area contributed by atoms with Crippen LogP contribution in [-0.2, 0) is 37.2 Å². The van der Waals surface area contributed by atoms with Gasteiger partial charge in [0.15, 0.2) is 6.29 Å². The van der Waals surface area contributed by atoms with Crippen LogP contribution in [0.4, 0.5) is 23.8 Å². The smallest absolute Gasteiger partial charge is 0.407 e. The summed E-state index contributed by atoms with van der Waals surface area (Å²) < 4.78 is 84.6. The molecule has 3 aliphatic rings. The Kier molecular flexibility index (Phi) is 11.8. The lowest BCUT2D eigenvalue weighted by Gasteiger charge is -2.32. The lowest BCUT2D eigenvalue weighted by atomic mass is 9.77. The first kappa shape index (κ1) is 39.4. The summed E-state index contributed by atoms with van der Waals surface area (Å²) in [4.78, 5) is 35.4. The fraction of sp³-hybridized carbons (Fsp3) is 0.595. The van der Waals surface area contributed by atoms with Crippen LogP contribution in [0.15, 0.2) is 35.4 Å². The third kappa shape index (κ3) is 8.50. The normalized spacial score (nSPS) is 19.8. The molecule has 0 bridgehead atoms. The third-order valence-corrected chi connectivity index (χ3v) is 12.6. The van der Waals surface area contributed by atoms with E-state index in [-0.39, 0.29) is 85.7 Å². The Hall–Kier alpha value is -4.27. The number of piperidine rings is 1. The van der Waals surface area contributed by atoms with Gasteiger partial charge in [0.05, 0.1) is 53.2 Å². The van der Waals surface area contributed by atoms with Crippen LogP contribution in [-0.4, -0.2) is 83.2 Å². The highest BCUT2D eigenvalue weighted by Gasteiger charge is 2.42. The summed E-state index contributed by atoms with van der Waals surface area (Å²) in [5, 5.41) is 23.1. The Balaban J connectivity index is 1.29. The van der Waals surface area contributed by atoms with Crippen LogP contribution in [0.25, 0.3) is 11.0 Å². The number of sulfone groups is 1. The van der Waals surface area contributed by atoms with Gasteiger partial charge in [0, 0.05) is 37.2 Å². The van der Waals surface area contributed by atoms with Crippen molar-refractivity contribution in [3.8, 4) is 6.07 Å². The number of nitriles is 1. The van der Waals surface area contributed by atoms with Gasteiger partial charge in [-0.25, -0.2) is 36.4 Å². The molecule has 3 aromatic rings. The topological polar surface area (TPSA) is 177 Å². The summed E-state index contributed by atoms with van der Waals surface area (Å²) in [6.07, 6.45) is 2.44. The number of nitrogens with zero attached hydrogens (tertiary/aromatic N) is 5. The van der Waals surface area contributed by atoms with Crippen LogP contribution in [0.2, 0.25) is 0 Å². The number of benzene rings is 1. The second-order valence-corrected chi connectivity index (χ2v) is 16.8. The predicted octanol–water partition coefficient (Wildman–Crippen LogP) is 5.88. The summed E-state index contributed by atoms with van der Waals surface area (Å²) in [6.45, 7) is 3.22. The number of alkyl halides is 2. The summed E-state index contributed by atoms with van der Waals surface area (Å²) in [7, 11) is -3.38. The number of nitrogens with one attached hydrogen (secondary N) is 1. The van der Waals surface area contributed by atoms with Crippen molar-refractivity contribution >= 4 is 32.8 Å². The van der Waals surface area contributed by atoms with E-state index in [1.54, 1.807) is 6.92 Å². The second-order valence-electron chi connectivity index (χ2n) is 14.5. The fourth-order valence-electron chi connectivity index (χ4n) is 7.76. The van der Waals surface area contributed by atoms with Crippen LogP contribution >= 0.6 is 0 Å². The largest absolute Gasteiger partial charge is 0.465 e. The molecule has 1 atom stereocenters. The Morgan fingerprint density at radius 3 is 2.52 bits per heavy atom. The number of ether oxygens (including phenoxy) is 2. The minimum absolute atomic E-state index is 0.0469. The summed E-state index contributed by atoms with van der Waals surface area (Å²) in [5.41, 5.74) is -2.28. The number of unbranched alkanes of at least 4 members (excludes halogenated alkanes) is 2. The number of anilines is 1. The Labute approximate surface area is 311 Å². The van der Waals surface area contributed by atoms with E-state index in [1.165, 1.54) is 34.0 Å². The number of hydrogen-bond acceptors (Lipinski definition) is 10. The standard InChI is InChI=1S/C37H45F3N6O7S/c1-24(26-6-5-7-28(31(26)38)37(39,40)21-25-9-14-45(15-10-25)35(48)49)44-32-27-20-29(36(22-41)11-18-54(50,51)19-12-36)34(47)46(33(27)43-23-42-32)13-4-2-3-8-30-52-16-17-53-30/h5-7,20,23-25,30H,2-4,8-19,21H2,1H3,(H,48,49)(H,42,43,44). The van der Waals surface area contributed by atoms with E-state index >= 15 is 13.2 Å². The average Bonchev–Trinajstić information content (AvgIpc) is 3.66. The molecule has 0 radical (unpaired) electrons. The highest BCUT2D eigenvalue weighted by atomic mass is 32.2. The molecule has 0 spiro atoms. The van der Waals surface area contributed by atoms with Gasteiger partial charge in [0.25, 0.3) is 11.5 Å². The summed E-state index contributed by atoms with van der Waals surface area (Å²) >= 11 is 0. The molecule has 6 rings (SSSR count). The fourth-order valence-corrected chi connectivity index (χ4v) is 9.28. The van der Waals surface area contributed by atoms with Crippen molar-refractivity contribution in [1.29, 1.82) is 5.26 Å². The first-order chi connectivity index (χ1) is 25.7. The first-order valence-corrected chi connectivity index (χ1v) is 20.2. The van der Waals surface area contributed by atoms with E-state index in [9.17, 15) is 28.4 Å². The molecule has 292 valence electrons. The van der Waals surface area contributed by atoms with Crippen molar-refractivity contribution in [1.82, 2.24) is 19.4 Å². The van der Waals surface area contributed by atoms with Gasteiger partial charge < -0.3 is 24.8 Å². The van der Waals surface area contributed by atoms with Crippen LogP contribution in [0, 0.1) is 23.1 Å². The van der Waals surface area contributed by atoms with Gasteiger partial charge in [-0.05, 0) is 63.9 Å². The molecular formula is C37H45F3N6O7S. The van der Waals surface area contributed by atoms with E-state index in [1.807, 2.05) is 0 Å². The van der Waals surface area contributed by atoms with E-state index in [2.05, 4.69) is 21.4 Å². The van der Waals surface area contributed by atoms with Gasteiger partial charge in [0.2, 0.25) is 0 Å². The number of amides is 1. The minimum atomic E-state index is -3.52. The number of aryl methyl sites for hydroxylation is 1. The van der Waals surface area contributed by atoms with Crippen molar-refractivity contribution in [2.45, 2.75) is 94.9 Å². The van der Waals surface area contributed by atoms with Crippen molar-refractivity contribution in [3.05, 3.63) is 63.5 Å². The SMILES string of the molecule is CC(Nc1ncnc2c1cc(C1(C#N)CCS(=O)(=O)CC1)c(=O)n2CCCCCC1OCCO1)c1cccc(C(F)(F)CC2CCN(C(=O)O)CC2)c1F. The van der Waals surface area contributed by atoms with Gasteiger partial charge in [-0.2, -0.15) is 5.26 Å². The number of aromatic nitrogens is 3. The van der Waals surface area contributed by atoms with E-state index < -0.39 is 62.6 Å². The number of fused-ring (bicyclic) bond motifs is 1. The third-order valence-electron chi connectivity index (χ3n) is 11.0. The summed E-state index contributed by atoms with van der Waals surface area (Å²) in [6, 6.07) is 6.68. The molecule has 17 heteroatoms. The van der Waals surface area contributed by atoms with Crippen LogP contribution in [0.1, 0.15) is 87.4 Å². The van der Waals surface area contributed by atoms with Gasteiger partial charge in [-0.3, -0.25) is 9.36 Å². The maximum atomic E-state index is 16.1. The highest BCUT2D eigenvalue weighted by molar-refractivity contribution is 7.91. The Bertz CT molecular complexity index is 2050. The van der Waals surface area contributed by atoms with Crippen molar-refractivity contribution in [2.24, 2.45) is 5.92 Å². The highest BCUT2D eigenvalue weighted by Crippen LogP contribution is 2.41. The van der Waals surface area contributed by atoms with E-state index in [0.717, 1.165) is 18.9 Å². The zero-order chi connectivity index (χ0) is 38.7. The van der Waals surface area contributed by atoms with Crippen molar-refractivity contribution < 1.29 is 41.0 Å². The molecule has 1 amide bonds. The lowest BCUT2D eigenvalue weighted by molar-refractivity contribution is -0.0480. The van der Waals surface area contributed by atoms with Gasteiger partial charge >= 0.3 is 6.09 Å². The number of hydrogen-bond donors (Lipinski definition) is 2. The van der Waals surface area contributed by atoms with Gasteiger partial charge in [0.1, 0.15) is 33.4 Å². The molecule has 54 heavy (non-hydrogen) atoms. The number of pyridine rings is 1. The number of carbonyl (C=O) groups is 1.